The van der Waals surface area contributed by atoms with Crippen molar-refractivity contribution in [1.82, 2.24) is 0 Å². The molecule has 272 valence electrons. The van der Waals surface area contributed by atoms with Crippen molar-refractivity contribution < 1.29 is 68.7 Å². The van der Waals surface area contributed by atoms with Crippen molar-refractivity contribution in [3.63, 3.8) is 0 Å². The highest BCUT2D eigenvalue weighted by atomic mass is 16.8. The molecule has 11 unspecified atom stereocenters. The van der Waals surface area contributed by atoms with Crippen molar-refractivity contribution in [3.05, 3.63) is 57.9 Å². The van der Waals surface area contributed by atoms with Gasteiger partial charge in [0.2, 0.25) is 5.78 Å². The van der Waals surface area contributed by atoms with E-state index in [2.05, 4.69) is 0 Å². The van der Waals surface area contributed by atoms with Crippen LogP contribution in [0.25, 0.3) is 0 Å². The second kappa shape index (κ2) is 13.1. The van der Waals surface area contributed by atoms with Crippen molar-refractivity contribution in [3.8, 4) is 11.5 Å². The van der Waals surface area contributed by atoms with Gasteiger partial charge in [-0.3, -0.25) is 14.4 Å². The molecule has 0 aromatic heterocycles. The number of ether oxygens (including phenoxy) is 5. The van der Waals surface area contributed by atoms with Crippen molar-refractivity contribution >= 4 is 17.5 Å². The molecule has 2 saturated heterocycles. The van der Waals surface area contributed by atoms with Crippen LogP contribution in [-0.4, -0.2) is 104 Å². The molecule has 2 aliphatic heterocycles. The second-order valence-electron chi connectivity index (χ2n) is 13.8. The largest absolute Gasteiger partial charge is 0.507 e. The van der Waals surface area contributed by atoms with E-state index in [0.29, 0.717) is 0 Å². The van der Waals surface area contributed by atoms with Gasteiger partial charge in [-0.05, 0) is 26.3 Å². The summed E-state index contributed by atoms with van der Waals surface area (Å²) in [6, 6.07) is -0.737. The molecule has 3 aliphatic carbocycles. The Morgan fingerprint density at radius 2 is 1.74 bits per heavy atom. The van der Waals surface area contributed by atoms with Crippen LogP contribution in [0.3, 0.4) is 0 Å². The van der Waals surface area contributed by atoms with Gasteiger partial charge in [-0.2, -0.15) is 0 Å². The Morgan fingerprint density at radius 3 is 2.38 bits per heavy atom. The molecule has 6 rings (SSSR count). The predicted octanol–water partition coefficient (Wildman–Crippen LogP) is 1.94. The number of benzene rings is 1. The molecule has 15 heteroatoms. The molecular formula is C35H43NO14. The zero-order valence-electron chi connectivity index (χ0n) is 28.1. The minimum atomic E-state index is -1.93. The molecule has 0 amide bonds. The summed E-state index contributed by atoms with van der Waals surface area (Å²) in [6.07, 6.45) is -0.824. The second-order valence-corrected chi connectivity index (χ2v) is 13.8. The van der Waals surface area contributed by atoms with Crippen molar-refractivity contribution in [2.75, 3.05) is 7.11 Å². The SMILES string of the molecule is CCC1(O)CC(OC2CC(N)C(OC3CC(O)CC(C)(O)O3)C(C)O2)c2c(O)c3c(c(O)c2C1C(=O)OC)C(=O)C1C=CC=C(O)C(=C1)C3=O. The fourth-order valence-electron chi connectivity index (χ4n) is 7.84. The number of hydrogen-bond acceptors (Lipinski definition) is 15. The van der Waals surface area contributed by atoms with Crippen LogP contribution in [0, 0.1) is 5.92 Å². The molecule has 1 aromatic rings. The molecule has 2 bridgehead atoms. The fourth-order valence-corrected chi connectivity index (χ4v) is 7.84. The lowest BCUT2D eigenvalue weighted by molar-refractivity contribution is -0.346. The molecule has 50 heavy (non-hydrogen) atoms. The highest BCUT2D eigenvalue weighted by Gasteiger charge is 2.55. The van der Waals surface area contributed by atoms with E-state index in [1.807, 2.05) is 0 Å². The van der Waals surface area contributed by atoms with Crippen LogP contribution in [0.2, 0.25) is 0 Å². The Balaban J connectivity index is 1.39. The number of methoxy groups -OCH3 is 1. The van der Waals surface area contributed by atoms with Gasteiger partial charge < -0.3 is 60.1 Å². The first-order valence-corrected chi connectivity index (χ1v) is 16.6. The van der Waals surface area contributed by atoms with Gasteiger partial charge in [0.05, 0.1) is 53.6 Å². The first-order valence-electron chi connectivity index (χ1n) is 16.6. The maximum Gasteiger partial charge on any atom is 0.316 e. The highest BCUT2D eigenvalue weighted by molar-refractivity contribution is 6.23. The van der Waals surface area contributed by atoms with Gasteiger partial charge in [0.1, 0.15) is 29.3 Å². The molecule has 1 aromatic carbocycles. The number of esters is 1. The van der Waals surface area contributed by atoms with E-state index in [1.54, 1.807) is 13.8 Å². The fraction of sp³-hybridized carbons (Fsp3) is 0.571. The zero-order valence-corrected chi connectivity index (χ0v) is 28.1. The van der Waals surface area contributed by atoms with E-state index in [0.717, 1.165) is 7.11 Å². The summed E-state index contributed by atoms with van der Waals surface area (Å²) in [7, 11) is 1.09. The van der Waals surface area contributed by atoms with Gasteiger partial charge in [0, 0.05) is 42.9 Å². The standard InChI is InChI=1S/C35H43NO14/c1-5-35(45)13-20(48-21-11-18(36)32(14(2)47-21)49-22-10-16(37)12-34(3,44)50-22)23-24(27(35)33(43)46-4)31(42)25-26(30(23)41)29(40)17-9-15(28(25)39)7-6-8-19(17)38/h6-9,14-16,18,20-22,27,32,37-38,41-42,44-45H,5,10-13,36H2,1-4H3. The van der Waals surface area contributed by atoms with Gasteiger partial charge in [0.25, 0.3) is 0 Å². The maximum absolute atomic E-state index is 13.9. The van der Waals surface area contributed by atoms with Crippen LogP contribution >= 0.6 is 0 Å². The average Bonchev–Trinajstić information content (AvgIpc) is 3.29. The number of allylic oxidation sites excluding steroid dienone is 5. The minimum Gasteiger partial charge on any atom is -0.507 e. The topological polar surface area (TPSA) is 245 Å². The van der Waals surface area contributed by atoms with Crippen LogP contribution in [0.5, 0.6) is 11.5 Å². The molecule has 0 radical (unpaired) electrons. The molecule has 8 N–H and O–H groups in total. The van der Waals surface area contributed by atoms with Crippen molar-refractivity contribution in [2.24, 2.45) is 11.7 Å². The number of aliphatic hydroxyl groups is 4. The van der Waals surface area contributed by atoms with Gasteiger partial charge >= 0.3 is 5.97 Å². The monoisotopic (exact) mass is 701 g/mol. The zero-order chi connectivity index (χ0) is 36.4. The number of ketones is 2. The molecular weight excluding hydrogens is 658 g/mol. The Kier molecular flexibility index (Phi) is 9.50. The number of aromatic hydroxyl groups is 2. The average molecular weight is 702 g/mol. The van der Waals surface area contributed by atoms with Crippen LogP contribution in [0.1, 0.15) is 96.7 Å². The number of aliphatic hydroxyl groups excluding tert-OH is 2. The summed E-state index contributed by atoms with van der Waals surface area (Å²) in [5, 5.41) is 66.9. The normalized spacial score (nSPS) is 38.3. The summed E-state index contributed by atoms with van der Waals surface area (Å²) in [6.45, 7) is 4.68. The lowest BCUT2D eigenvalue weighted by Crippen LogP contribution is -2.56. The Hall–Kier alpha value is -3.67. The summed E-state index contributed by atoms with van der Waals surface area (Å²) in [4.78, 5) is 41.1. The first-order chi connectivity index (χ1) is 23.5. The number of hydrogen-bond donors (Lipinski definition) is 7. The third kappa shape index (κ3) is 6.15. The number of carbonyl (C=O) groups excluding carboxylic acids is 3. The van der Waals surface area contributed by atoms with E-state index >= 15 is 0 Å². The number of phenols is 2. The van der Waals surface area contributed by atoms with Crippen LogP contribution in [0.4, 0.5) is 0 Å². The summed E-state index contributed by atoms with van der Waals surface area (Å²) >= 11 is 0. The molecule has 0 saturated carbocycles. The predicted molar refractivity (Wildman–Crippen MR) is 171 cm³/mol. The van der Waals surface area contributed by atoms with E-state index in [1.165, 1.54) is 31.2 Å². The lowest BCUT2D eigenvalue weighted by Gasteiger charge is -2.46. The Labute approximate surface area is 287 Å². The summed E-state index contributed by atoms with van der Waals surface area (Å²) in [5.41, 5.74) is 2.57. The van der Waals surface area contributed by atoms with E-state index in [9.17, 15) is 45.0 Å². The molecule has 5 aliphatic rings. The smallest absolute Gasteiger partial charge is 0.316 e. The molecule has 11 atom stereocenters. The summed E-state index contributed by atoms with van der Waals surface area (Å²) in [5.74, 6) is -9.08. The number of nitrogens with two attached hydrogens (primary N) is 1. The maximum atomic E-state index is 13.9. The van der Waals surface area contributed by atoms with E-state index in [-0.39, 0.29) is 48.8 Å². The van der Waals surface area contributed by atoms with E-state index < -0.39 is 112 Å². The molecule has 15 nitrogen and oxygen atoms in total. The quantitative estimate of drug-likeness (QED) is 0.166. The number of Topliss-reactive ketones (excluding diaryl/α,β-unsaturated/α-hetero) is 2. The number of carbonyl (C=O) groups is 3. The molecule has 2 heterocycles. The first kappa shape index (κ1) is 36.1. The number of rotatable bonds is 6. The lowest BCUT2D eigenvalue weighted by atomic mass is 9.67. The van der Waals surface area contributed by atoms with Crippen molar-refractivity contribution in [2.45, 2.75) is 113 Å². The number of phenolic OH excluding ortho intramolecular Hbond substituents is 2. The van der Waals surface area contributed by atoms with Crippen molar-refractivity contribution in [1.29, 1.82) is 0 Å². The van der Waals surface area contributed by atoms with Crippen LogP contribution in [0.15, 0.2) is 35.6 Å². The highest BCUT2D eigenvalue weighted by Crippen LogP contribution is 2.57. The minimum absolute atomic E-state index is 0.00611. The third-order valence-corrected chi connectivity index (χ3v) is 10.3. The Morgan fingerprint density at radius 1 is 1.04 bits per heavy atom. The van der Waals surface area contributed by atoms with Gasteiger partial charge in [-0.25, -0.2) is 0 Å². The van der Waals surface area contributed by atoms with Crippen LogP contribution < -0.4 is 5.73 Å². The van der Waals surface area contributed by atoms with E-state index in [4.69, 9.17) is 29.4 Å². The molecule has 0 spiro atoms. The summed E-state index contributed by atoms with van der Waals surface area (Å²) < 4.78 is 29.1. The third-order valence-electron chi connectivity index (χ3n) is 10.3. The van der Waals surface area contributed by atoms with Gasteiger partial charge in [-0.15, -0.1) is 0 Å². The van der Waals surface area contributed by atoms with Gasteiger partial charge in [-0.1, -0.05) is 25.2 Å². The Bertz CT molecular complexity index is 1670. The van der Waals surface area contributed by atoms with Gasteiger partial charge in [0.15, 0.2) is 24.2 Å². The number of fused-ring (bicyclic) bond motifs is 3. The molecule has 2 fully saturated rings. The van der Waals surface area contributed by atoms with Crippen LogP contribution in [-0.2, 0) is 28.5 Å².